The van der Waals surface area contributed by atoms with Crippen LogP contribution in [0.2, 0.25) is 0 Å². The Kier molecular flexibility index (Phi) is 4.55. The zero-order valence-corrected chi connectivity index (χ0v) is 8.00. The molecule has 0 amide bonds. The molecule has 0 unspecified atom stereocenters. The van der Waals surface area contributed by atoms with Crippen LogP contribution in [0.5, 0.6) is 0 Å². The number of aliphatic hydroxyl groups is 1. The van der Waals surface area contributed by atoms with Gasteiger partial charge in [0.15, 0.2) is 0 Å². The summed E-state index contributed by atoms with van der Waals surface area (Å²) in [6, 6.07) is 8.31. The van der Waals surface area contributed by atoms with E-state index in [2.05, 4.69) is 19.1 Å². The molecule has 13 heavy (non-hydrogen) atoms. The molecule has 1 N–H and O–H groups in total. The number of hydrogen-bond acceptors (Lipinski definition) is 1. The second-order valence-corrected chi connectivity index (χ2v) is 3.35. The Morgan fingerprint density at radius 2 is 2.00 bits per heavy atom. The van der Waals surface area contributed by atoms with E-state index in [1.165, 1.54) is 5.56 Å². The van der Waals surface area contributed by atoms with Gasteiger partial charge in [0, 0.05) is 6.61 Å². The minimum absolute atomic E-state index is 0.315. The Morgan fingerprint density at radius 1 is 1.15 bits per heavy atom. The standard InChI is InChI=1S/C12H17O/c1-11-6-5-8-12(10-11)7-3-2-4-9-13/h5-6,8,10,13H,1-4,7,9H2. The van der Waals surface area contributed by atoms with Gasteiger partial charge in [0.2, 0.25) is 0 Å². The van der Waals surface area contributed by atoms with Crippen molar-refractivity contribution in [1.82, 2.24) is 0 Å². The molecule has 0 atom stereocenters. The zero-order chi connectivity index (χ0) is 9.52. The van der Waals surface area contributed by atoms with Crippen LogP contribution in [0.1, 0.15) is 30.4 Å². The van der Waals surface area contributed by atoms with Crippen molar-refractivity contribution in [3.8, 4) is 0 Å². The summed E-state index contributed by atoms with van der Waals surface area (Å²) in [4.78, 5) is 0. The molecule has 0 saturated carbocycles. The van der Waals surface area contributed by atoms with E-state index in [1.807, 2.05) is 12.1 Å². The third-order valence-electron chi connectivity index (χ3n) is 2.11. The fourth-order valence-electron chi connectivity index (χ4n) is 1.40. The van der Waals surface area contributed by atoms with E-state index < -0.39 is 0 Å². The van der Waals surface area contributed by atoms with Crippen molar-refractivity contribution in [2.24, 2.45) is 0 Å². The number of hydrogen-bond donors (Lipinski definition) is 1. The smallest absolute Gasteiger partial charge is 0.0431 e. The molecule has 0 bridgehead atoms. The van der Waals surface area contributed by atoms with Crippen molar-refractivity contribution >= 4 is 0 Å². The first kappa shape index (κ1) is 10.3. The van der Waals surface area contributed by atoms with Crippen LogP contribution in [0.25, 0.3) is 0 Å². The molecule has 0 aliphatic carbocycles. The number of aryl methyl sites for hydroxylation is 1. The van der Waals surface area contributed by atoms with Gasteiger partial charge in [-0.15, -0.1) is 0 Å². The summed E-state index contributed by atoms with van der Waals surface area (Å²) in [5.74, 6) is 0. The van der Waals surface area contributed by atoms with Crippen LogP contribution >= 0.6 is 0 Å². The predicted octanol–water partition coefficient (Wildman–Crippen LogP) is 2.57. The summed E-state index contributed by atoms with van der Waals surface area (Å²) >= 11 is 0. The van der Waals surface area contributed by atoms with Crippen LogP contribution in [-0.2, 0) is 6.42 Å². The van der Waals surface area contributed by atoms with Gasteiger partial charge < -0.3 is 5.11 Å². The fourth-order valence-corrected chi connectivity index (χ4v) is 1.40. The third kappa shape index (κ3) is 4.09. The lowest BCUT2D eigenvalue weighted by molar-refractivity contribution is 0.283. The highest BCUT2D eigenvalue weighted by Crippen LogP contribution is 2.08. The van der Waals surface area contributed by atoms with Gasteiger partial charge in [0.25, 0.3) is 0 Å². The lowest BCUT2D eigenvalue weighted by Crippen LogP contribution is -1.88. The lowest BCUT2D eigenvalue weighted by atomic mass is 10.1. The van der Waals surface area contributed by atoms with Crippen molar-refractivity contribution in [2.75, 3.05) is 6.61 Å². The molecule has 0 fully saturated rings. The first-order chi connectivity index (χ1) is 6.33. The van der Waals surface area contributed by atoms with E-state index in [-0.39, 0.29) is 0 Å². The molecule has 1 aromatic carbocycles. The Balaban J connectivity index is 2.28. The average Bonchev–Trinajstić information content (AvgIpc) is 2.13. The molecular weight excluding hydrogens is 160 g/mol. The second kappa shape index (κ2) is 5.76. The Labute approximate surface area is 80.4 Å². The first-order valence-electron chi connectivity index (χ1n) is 4.84. The molecule has 0 spiro atoms. The molecule has 1 nitrogen and oxygen atoms in total. The van der Waals surface area contributed by atoms with E-state index in [0.29, 0.717) is 6.61 Å². The van der Waals surface area contributed by atoms with Gasteiger partial charge in [-0.2, -0.15) is 0 Å². The maximum atomic E-state index is 8.60. The highest BCUT2D eigenvalue weighted by molar-refractivity contribution is 5.25. The quantitative estimate of drug-likeness (QED) is 0.685. The van der Waals surface area contributed by atoms with Crippen LogP contribution in [0.3, 0.4) is 0 Å². The van der Waals surface area contributed by atoms with Gasteiger partial charge >= 0.3 is 0 Å². The van der Waals surface area contributed by atoms with Crippen molar-refractivity contribution < 1.29 is 5.11 Å². The van der Waals surface area contributed by atoms with Crippen LogP contribution in [0.15, 0.2) is 24.3 Å². The van der Waals surface area contributed by atoms with E-state index >= 15 is 0 Å². The molecule has 1 heteroatoms. The molecule has 1 aromatic rings. The topological polar surface area (TPSA) is 20.2 Å². The largest absolute Gasteiger partial charge is 0.396 e. The van der Waals surface area contributed by atoms with Crippen LogP contribution in [0.4, 0.5) is 0 Å². The lowest BCUT2D eigenvalue weighted by Gasteiger charge is -2.01. The van der Waals surface area contributed by atoms with Crippen LogP contribution in [-0.4, -0.2) is 11.7 Å². The number of unbranched alkanes of at least 4 members (excludes halogenated alkanes) is 2. The van der Waals surface area contributed by atoms with Crippen LogP contribution < -0.4 is 0 Å². The van der Waals surface area contributed by atoms with Crippen LogP contribution in [0, 0.1) is 6.92 Å². The summed E-state index contributed by atoms with van der Waals surface area (Å²) in [5.41, 5.74) is 2.44. The highest BCUT2D eigenvalue weighted by Gasteiger charge is 1.93. The minimum atomic E-state index is 0.315. The molecule has 1 rings (SSSR count). The molecule has 0 saturated heterocycles. The molecule has 0 aromatic heterocycles. The number of rotatable bonds is 5. The van der Waals surface area contributed by atoms with E-state index in [4.69, 9.17) is 5.11 Å². The molecular formula is C12H17O. The van der Waals surface area contributed by atoms with E-state index in [0.717, 1.165) is 31.2 Å². The van der Waals surface area contributed by atoms with Crippen molar-refractivity contribution in [1.29, 1.82) is 0 Å². The maximum absolute atomic E-state index is 8.60. The van der Waals surface area contributed by atoms with E-state index in [1.54, 1.807) is 0 Å². The zero-order valence-electron chi connectivity index (χ0n) is 8.00. The second-order valence-electron chi connectivity index (χ2n) is 3.35. The van der Waals surface area contributed by atoms with E-state index in [9.17, 15) is 0 Å². The minimum Gasteiger partial charge on any atom is -0.396 e. The van der Waals surface area contributed by atoms with Gasteiger partial charge in [-0.25, -0.2) is 0 Å². The molecule has 0 aliphatic rings. The third-order valence-corrected chi connectivity index (χ3v) is 2.11. The molecule has 1 radical (unpaired) electrons. The Bertz CT molecular complexity index is 243. The van der Waals surface area contributed by atoms with Gasteiger partial charge in [0.1, 0.15) is 0 Å². The first-order valence-corrected chi connectivity index (χ1v) is 4.84. The van der Waals surface area contributed by atoms with Gasteiger partial charge in [0.05, 0.1) is 0 Å². The monoisotopic (exact) mass is 177 g/mol. The van der Waals surface area contributed by atoms with Crippen molar-refractivity contribution in [3.63, 3.8) is 0 Å². The summed E-state index contributed by atoms with van der Waals surface area (Å²) in [6.45, 7) is 4.20. The number of aliphatic hydroxyl groups excluding tert-OH is 1. The molecule has 0 heterocycles. The Morgan fingerprint density at radius 3 is 2.69 bits per heavy atom. The fraction of sp³-hybridized carbons (Fsp3) is 0.417. The number of benzene rings is 1. The SMILES string of the molecule is [CH2]c1cccc(CCCCCO)c1. The summed E-state index contributed by atoms with van der Waals surface area (Å²) in [7, 11) is 0. The maximum Gasteiger partial charge on any atom is 0.0431 e. The Hall–Kier alpha value is -0.820. The average molecular weight is 177 g/mol. The van der Waals surface area contributed by atoms with Crippen molar-refractivity contribution in [3.05, 3.63) is 42.3 Å². The van der Waals surface area contributed by atoms with Gasteiger partial charge in [-0.05, 0) is 37.3 Å². The normalized spacial score (nSPS) is 10.3. The highest BCUT2D eigenvalue weighted by atomic mass is 16.2. The summed E-state index contributed by atoms with van der Waals surface area (Å²) in [6.07, 6.45) is 4.29. The van der Waals surface area contributed by atoms with Gasteiger partial charge in [-0.1, -0.05) is 30.7 Å². The predicted molar refractivity (Wildman–Crippen MR) is 55.5 cm³/mol. The molecule has 0 aliphatic heterocycles. The molecule has 71 valence electrons. The summed E-state index contributed by atoms with van der Waals surface area (Å²) < 4.78 is 0. The summed E-state index contributed by atoms with van der Waals surface area (Å²) in [5, 5.41) is 8.60. The van der Waals surface area contributed by atoms with Gasteiger partial charge in [-0.3, -0.25) is 0 Å². The van der Waals surface area contributed by atoms with Crippen molar-refractivity contribution in [2.45, 2.75) is 25.7 Å².